The van der Waals surface area contributed by atoms with Crippen LogP contribution >= 0.6 is 11.6 Å². The van der Waals surface area contributed by atoms with Crippen molar-refractivity contribution in [3.8, 4) is 0 Å². The van der Waals surface area contributed by atoms with E-state index in [-0.39, 0.29) is 16.5 Å². The first kappa shape index (κ1) is 21.2. The predicted octanol–water partition coefficient (Wildman–Crippen LogP) is 5.34. The minimum atomic E-state index is -4.53. The van der Waals surface area contributed by atoms with Crippen LogP contribution in [0.15, 0.2) is 42.5 Å². The van der Waals surface area contributed by atoms with Crippen molar-refractivity contribution in [2.75, 3.05) is 31.1 Å². The molecular weight excluding hydrogens is 401 g/mol. The first-order chi connectivity index (χ1) is 13.7. The van der Waals surface area contributed by atoms with Crippen LogP contribution in [0.5, 0.6) is 0 Å². The van der Waals surface area contributed by atoms with Crippen molar-refractivity contribution in [1.29, 1.82) is 0 Å². The zero-order valence-corrected chi connectivity index (χ0v) is 17.0. The highest BCUT2D eigenvalue weighted by molar-refractivity contribution is 6.31. The number of nitrogens with zero attached hydrogens (tertiary/aromatic N) is 2. The molecule has 0 aliphatic carbocycles. The lowest BCUT2D eigenvalue weighted by molar-refractivity contribution is -0.137. The predicted molar refractivity (Wildman–Crippen MR) is 110 cm³/mol. The molecule has 0 spiro atoms. The number of hydrogen-bond acceptors (Lipinski definition) is 2. The first-order valence-corrected chi connectivity index (χ1v) is 9.69. The number of benzene rings is 2. The molecule has 1 fully saturated rings. The van der Waals surface area contributed by atoms with Gasteiger partial charge in [0.15, 0.2) is 0 Å². The Balaban J connectivity index is 1.64. The molecule has 2 aromatic rings. The SMILES string of the molecule is Cc1cccc(N2CCN(C(=O)/C=C/c3ccc(Cl)c(C(F)(F)F)c3)CC2)c1C. The quantitative estimate of drug-likeness (QED) is 0.623. The lowest BCUT2D eigenvalue weighted by Crippen LogP contribution is -2.48. The molecule has 0 bridgehead atoms. The molecule has 1 aliphatic rings. The summed E-state index contributed by atoms with van der Waals surface area (Å²) in [5.41, 5.74) is 3.01. The van der Waals surface area contributed by atoms with E-state index in [9.17, 15) is 18.0 Å². The van der Waals surface area contributed by atoms with Crippen molar-refractivity contribution in [2.45, 2.75) is 20.0 Å². The van der Waals surface area contributed by atoms with Gasteiger partial charge in [0.1, 0.15) is 0 Å². The van der Waals surface area contributed by atoms with Crippen LogP contribution in [0.25, 0.3) is 6.08 Å². The molecule has 0 radical (unpaired) electrons. The molecule has 29 heavy (non-hydrogen) atoms. The number of piperazine rings is 1. The summed E-state index contributed by atoms with van der Waals surface area (Å²) >= 11 is 5.63. The van der Waals surface area contributed by atoms with Gasteiger partial charge in [0.2, 0.25) is 5.91 Å². The highest BCUT2D eigenvalue weighted by atomic mass is 35.5. The lowest BCUT2D eigenvalue weighted by atomic mass is 10.1. The van der Waals surface area contributed by atoms with Crippen molar-refractivity contribution in [3.63, 3.8) is 0 Å². The molecule has 2 aromatic carbocycles. The van der Waals surface area contributed by atoms with Gasteiger partial charge in [-0.05, 0) is 54.8 Å². The fourth-order valence-corrected chi connectivity index (χ4v) is 3.61. The summed E-state index contributed by atoms with van der Waals surface area (Å²) in [7, 11) is 0. The van der Waals surface area contributed by atoms with E-state index in [0.717, 1.165) is 6.07 Å². The van der Waals surface area contributed by atoms with Gasteiger partial charge in [0, 0.05) is 37.9 Å². The number of aryl methyl sites for hydroxylation is 1. The maximum Gasteiger partial charge on any atom is 0.417 e. The summed E-state index contributed by atoms with van der Waals surface area (Å²) in [5.74, 6) is -0.214. The average Bonchev–Trinajstić information content (AvgIpc) is 2.68. The van der Waals surface area contributed by atoms with Crippen molar-refractivity contribution >= 4 is 29.3 Å². The standard InChI is InChI=1S/C22H22ClF3N2O/c1-15-4-3-5-20(16(15)2)27-10-12-28(13-11-27)21(29)9-7-17-6-8-19(23)18(14-17)22(24,25)26/h3-9,14H,10-13H2,1-2H3/b9-7+. The van der Waals surface area contributed by atoms with Crippen LogP contribution in [0, 0.1) is 13.8 Å². The monoisotopic (exact) mass is 422 g/mol. The number of carbonyl (C=O) groups excluding carboxylic acids is 1. The Labute approximate surface area is 173 Å². The Bertz CT molecular complexity index is 932. The Hall–Kier alpha value is -2.47. The maximum absolute atomic E-state index is 13.0. The Morgan fingerprint density at radius 3 is 2.41 bits per heavy atom. The van der Waals surface area contributed by atoms with Gasteiger partial charge < -0.3 is 9.80 Å². The van der Waals surface area contributed by atoms with Crippen LogP contribution in [0.4, 0.5) is 18.9 Å². The van der Waals surface area contributed by atoms with Crippen LogP contribution in [-0.4, -0.2) is 37.0 Å². The summed E-state index contributed by atoms with van der Waals surface area (Å²) in [4.78, 5) is 16.4. The molecule has 0 saturated carbocycles. The molecule has 154 valence electrons. The third-order valence-electron chi connectivity index (χ3n) is 5.22. The molecule has 3 nitrogen and oxygen atoms in total. The van der Waals surface area contributed by atoms with Gasteiger partial charge >= 0.3 is 6.18 Å². The minimum absolute atomic E-state index is 0.214. The summed E-state index contributed by atoms with van der Waals surface area (Å²) in [6.45, 7) is 6.71. The summed E-state index contributed by atoms with van der Waals surface area (Å²) < 4.78 is 38.9. The van der Waals surface area contributed by atoms with E-state index in [1.165, 1.54) is 41.1 Å². The lowest BCUT2D eigenvalue weighted by Gasteiger charge is -2.36. The molecule has 1 heterocycles. The summed E-state index contributed by atoms with van der Waals surface area (Å²) in [5, 5.41) is -0.358. The number of alkyl halides is 3. The third-order valence-corrected chi connectivity index (χ3v) is 5.55. The number of hydrogen-bond donors (Lipinski definition) is 0. The van der Waals surface area contributed by atoms with Crippen molar-refractivity contribution in [3.05, 3.63) is 69.8 Å². The molecule has 1 amide bonds. The first-order valence-electron chi connectivity index (χ1n) is 9.31. The van der Waals surface area contributed by atoms with E-state index < -0.39 is 11.7 Å². The van der Waals surface area contributed by atoms with Gasteiger partial charge in [-0.1, -0.05) is 29.8 Å². The highest BCUT2D eigenvalue weighted by Gasteiger charge is 2.33. The maximum atomic E-state index is 13.0. The molecule has 1 saturated heterocycles. The number of amides is 1. The highest BCUT2D eigenvalue weighted by Crippen LogP contribution is 2.35. The topological polar surface area (TPSA) is 23.6 Å². The van der Waals surface area contributed by atoms with Crippen molar-refractivity contribution < 1.29 is 18.0 Å². The van der Waals surface area contributed by atoms with Crippen molar-refractivity contribution in [2.24, 2.45) is 0 Å². The van der Waals surface area contributed by atoms with Crippen LogP contribution in [0.1, 0.15) is 22.3 Å². The van der Waals surface area contributed by atoms with Gasteiger partial charge in [-0.2, -0.15) is 13.2 Å². The molecule has 0 N–H and O–H groups in total. The summed E-state index contributed by atoms with van der Waals surface area (Å²) in [6.07, 6.45) is -1.82. The van der Waals surface area contributed by atoms with E-state index in [1.54, 1.807) is 4.90 Å². The molecule has 0 atom stereocenters. The second kappa shape index (κ2) is 8.49. The zero-order chi connectivity index (χ0) is 21.2. The fraction of sp³-hybridized carbons (Fsp3) is 0.318. The Kier molecular flexibility index (Phi) is 6.22. The van der Waals surface area contributed by atoms with Crippen molar-refractivity contribution in [1.82, 2.24) is 4.90 Å². The molecular formula is C22H22ClF3N2O. The van der Waals surface area contributed by atoms with Crippen LogP contribution in [0.2, 0.25) is 5.02 Å². The Morgan fingerprint density at radius 2 is 1.76 bits per heavy atom. The largest absolute Gasteiger partial charge is 0.417 e. The Morgan fingerprint density at radius 1 is 1.07 bits per heavy atom. The van der Waals surface area contributed by atoms with E-state index in [4.69, 9.17) is 11.6 Å². The van der Waals surface area contributed by atoms with Crippen LogP contribution in [-0.2, 0) is 11.0 Å². The second-order valence-electron chi connectivity index (χ2n) is 7.10. The van der Waals surface area contributed by atoms with Gasteiger partial charge in [0.05, 0.1) is 10.6 Å². The molecule has 0 aromatic heterocycles. The van der Waals surface area contributed by atoms with E-state index in [1.807, 2.05) is 6.07 Å². The fourth-order valence-electron chi connectivity index (χ4n) is 3.38. The minimum Gasteiger partial charge on any atom is -0.368 e. The van der Waals surface area contributed by atoms with E-state index in [2.05, 4.69) is 30.9 Å². The van der Waals surface area contributed by atoms with Gasteiger partial charge in [-0.25, -0.2) is 0 Å². The van der Waals surface area contributed by atoms with Gasteiger partial charge in [-0.15, -0.1) is 0 Å². The number of halogens is 4. The van der Waals surface area contributed by atoms with E-state index >= 15 is 0 Å². The van der Waals surface area contributed by atoms with Gasteiger partial charge in [0.25, 0.3) is 0 Å². The summed E-state index contributed by atoms with van der Waals surface area (Å²) in [6, 6.07) is 9.78. The van der Waals surface area contributed by atoms with Gasteiger partial charge in [-0.3, -0.25) is 4.79 Å². The third kappa shape index (κ3) is 4.93. The van der Waals surface area contributed by atoms with Crippen LogP contribution in [0.3, 0.4) is 0 Å². The number of carbonyl (C=O) groups is 1. The number of anilines is 1. The molecule has 3 rings (SSSR count). The number of rotatable bonds is 3. The molecule has 0 unspecified atom stereocenters. The zero-order valence-electron chi connectivity index (χ0n) is 16.3. The van der Waals surface area contributed by atoms with Crippen LogP contribution < -0.4 is 4.90 Å². The molecule has 1 aliphatic heterocycles. The molecule has 7 heteroatoms. The van der Waals surface area contributed by atoms with E-state index in [0.29, 0.717) is 26.2 Å². The normalized spacial score (nSPS) is 15.2. The smallest absolute Gasteiger partial charge is 0.368 e. The average molecular weight is 423 g/mol. The second-order valence-corrected chi connectivity index (χ2v) is 7.51.